The lowest BCUT2D eigenvalue weighted by molar-refractivity contribution is 0.629. The molecule has 0 fully saturated rings. The minimum Gasteiger partial charge on any atom is -0.361 e. The highest BCUT2D eigenvalue weighted by Gasteiger charge is 2.02. The van der Waals surface area contributed by atoms with Crippen molar-refractivity contribution in [1.82, 2.24) is 4.98 Å². The van der Waals surface area contributed by atoms with E-state index in [1.807, 2.05) is 6.20 Å². The number of fused-ring (bicyclic) bond motifs is 1. The van der Waals surface area contributed by atoms with Crippen LogP contribution in [0.25, 0.3) is 10.9 Å². The lowest BCUT2D eigenvalue weighted by Gasteiger charge is -1.95. The van der Waals surface area contributed by atoms with E-state index in [-0.39, 0.29) is 13.2 Å². The van der Waals surface area contributed by atoms with Crippen LogP contribution in [0.2, 0.25) is 0 Å². The minimum absolute atomic E-state index is 0. The van der Waals surface area contributed by atoms with Crippen molar-refractivity contribution in [2.24, 2.45) is 5.73 Å². The summed E-state index contributed by atoms with van der Waals surface area (Å²) >= 11 is 0. The Labute approximate surface area is 82.9 Å². The lowest BCUT2D eigenvalue weighted by Crippen LogP contribution is -2.01. The summed E-state index contributed by atoms with van der Waals surface area (Å²) in [7, 11) is 0. The first-order valence-electron chi connectivity index (χ1n) is 4.27. The fourth-order valence-electron chi connectivity index (χ4n) is 1.52. The van der Waals surface area contributed by atoms with Gasteiger partial charge in [0.2, 0.25) is 0 Å². The van der Waals surface area contributed by atoms with Crippen molar-refractivity contribution in [2.45, 2.75) is 13.8 Å². The largest absolute Gasteiger partial charge is 0.361 e. The maximum absolute atomic E-state index is 12.8. The van der Waals surface area contributed by atoms with Gasteiger partial charge >= 0.3 is 0 Å². The number of nitrogens with two attached hydrogens (primary N) is 1. The van der Waals surface area contributed by atoms with Gasteiger partial charge in [-0.2, -0.15) is 0 Å². The van der Waals surface area contributed by atoms with Gasteiger partial charge in [-0.25, -0.2) is 4.39 Å². The first kappa shape index (κ1) is 10.7. The van der Waals surface area contributed by atoms with Crippen molar-refractivity contribution in [3.63, 3.8) is 0 Å². The molecule has 1 heterocycles. The summed E-state index contributed by atoms with van der Waals surface area (Å²) in [5, 5.41) is 1.06. The van der Waals surface area contributed by atoms with Crippen molar-refractivity contribution < 1.29 is 4.39 Å². The molecule has 3 heteroatoms. The summed E-state index contributed by atoms with van der Waals surface area (Å²) in [4.78, 5) is 3.02. The normalized spacial score (nSPS) is 10.1. The summed E-state index contributed by atoms with van der Waals surface area (Å²) in [6.45, 7) is 0.615. The standard InChI is InChI=1S/C10H11FN2.CH4/c11-8-1-2-9-7(3-4-12)6-13-10(9)5-8;/h1-2,5-6,13H,3-4,12H2;1H4. The summed E-state index contributed by atoms with van der Waals surface area (Å²) in [6.07, 6.45) is 2.71. The van der Waals surface area contributed by atoms with E-state index in [4.69, 9.17) is 5.73 Å². The van der Waals surface area contributed by atoms with Gasteiger partial charge in [0.05, 0.1) is 0 Å². The van der Waals surface area contributed by atoms with E-state index in [1.54, 1.807) is 6.07 Å². The van der Waals surface area contributed by atoms with E-state index < -0.39 is 0 Å². The highest BCUT2D eigenvalue weighted by atomic mass is 19.1. The van der Waals surface area contributed by atoms with Gasteiger partial charge in [0.25, 0.3) is 0 Å². The molecule has 2 nitrogen and oxygen atoms in total. The van der Waals surface area contributed by atoms with Crippen molar-refractivity contribution >= 4 is 10.9 Å². The zero-order valence-corrected chi connectivity index (χ0v) is 7.18. The van der Waals surface area contributed by atoms with Crippen LogP contribution in [0.15, 0.2) is 24.4 Å². The number of aromatic amines is 1. The van der Waals surface area contributed by atoms with Crippen LogP contribution >= 0.6 is 0 Å². The number of hydrogen-bond donors (Lipinski definition) is 2. The Morgan fingerprint density at radius 1 is 1.36 bits per heavy atom. The van der Waals surface area contributed by atoms with Gasteiger partial charge in [0.1, 0.15) is 5.82 Å². The average Bonchev–Trinajstić information content (AvgIpc) is 2.49. The average molecular weight is 194 g/mol. The molecule has 1 aromatic carbocycles. The zero-order chi connectivity index (χ0) is 9.26. The van der Waals surface area contributed by atoms with E-state index >= 15 is 0 Å². The highest BCUT2D eigenvalue weighted by Crippen LogP contribution is 2.19. The first-order valence-corrected chi connectivity index (χ1v) is 4.27. The van der Waals surface area contributed by atoms with Crippen LogP contribution in [0, 0.1) is 5.82 Å². The van der Waals surface area contributed by atoms with E-state index in [0.717, 1.165) is 22.9 Å². The molecular formula is C11H15FN2. The SMILES string of the molecule is C.NCCc1c[nH]c2cc(F)ccc12. The monoisotopic (exact) mass is 194 g/mol. The van der Waals surface area contributed by atoms with Crippen molar-refractivity contribution in [1.29, 1.82) is 0 Å². The van der Waals surface area contributed by atoms with Crippen LogP contribution in [0.3, 0.4) is 0 Å². The van der Waals surface area contributed by atoms with Crippen LogP contribution in [0.5, 0.6) is 0 Å². The van der Waals surface area contributed by atoms with Crippen molar-refractivity contribution in [2.75, 3.05) is 6.54 Å². The predicted octanol–water partition coefficient (Wildman–Crippen LogP) is 2.44. The summed E-state index contributed by atoms with van der Waals surface area (Å²) in [5.74, 6) is -0.214. The first-order chi connectivity index (χ1) is 6.31. The number of nitrogens with one attached hydrogen (secondary N) is 1. The molecule has 0 saturated carbocycles. The Morgan fingerprint density at radius 3 is 2.86 bits per heavy atom. The fourth-order valence-corrected chi connectivity index (χ4v) is 1.52. The fraction of sp³-hybridized carbons (Fsp3) is 0.273. The molecule has 14 heavy (non-hydrogen) atoms. The molecule has 0 spiro atoms. The number of H-pyrrole nitrogens is 1. The molecule has 1 aromatic heterocycles. The molecule has 0 saturated heterocycles. The molecule has 0 aliphatic rings. The Balaban J connectivity index is 0.000000980. The maximum atomic E-state index is 12.8. The third-order valence-electron chi connectivity index (χ3n) is 2.14. The quantitative estimate of drug-likeness (QED) is 0.757. The van der Waals surface area contributed by atoms with Crippen LogP contribution in [-0.4, -0.2) is 11.5 Å². The molecular weight excluding hydrogens is 179 g/mol. The van der Waals surface area contributed by atoms with Gasteiger partial charge in [-0.1, -0.05) is 7.43 Å². The van der Waals surface area contributed by atoms with E-state index in [0.29, 0.717) is 6.54 Å². The second-order valence-electron chi connectivity index (χ2n) is 3.04. The van der Waals surface area contributed by atoms with Gasteiger partial charge in [-0.15, -0.1) is 0 Å². The molecule has 0 atom stereocenters. The third kappa shape index (κ3) is 1.77. The second-order valence-corrected chi connectivity index (χ2v) is 3.04. The van der Waals surface area contributed by atoms with E-state index in [2.05, 4.69) is 4.98 Å². The Kier molecular flexibility index (Phi) is 3.25. The molecule has 0 aliphatic heterocycles. The maximum Gasteiger partial charge on any atom is 0.125 e. The highest BCUT2D eigenvalue weighted by molar-refractivity contribution is 5.83. The smallest absolute Gasteiger partial charge is 0.125 e. The molecule has 2 rings (SSSR count). The summed E-state index contributed by atoms with van der Waals surface area (Å²) < 4.78 is 12.8. The zero-order valence-electron chi connectivity index (χ0n) is 7.18. The Morgan fingerprint density at radius 2 is 2.14 bits per heavy atom. The Hall–Kier alpha value is -1.35. The van der Waals surface area contributed by atoms with Gasteiger partial charge in [-0.3, -0.25) is 0 Å². The summed E-state index contributed by atoms with van der Waals surface area (Å²) in [6, 6.07) is 4.75. The molecule has 76 valence electrons. The molecule has 3 N–H and O–H groups in total. The molecule has 2 aromatic rings. The van der Waals surface area contributed by atoms with Gasteiger partial charge in [-0.05, 0) is 36.7 Å². The number of rotatable bonds is 2. The number of benzene rings is 1. The molecule has 0 radical (unpaired) electrons. The van der Waals surface area contributed by atoms with E-state index in [1.165, 1.54) is 12.1 Å². The molecule has 0 amide bonds. The summed E-state index contributed by atoms with van der Waals surface area (Å²) in [5.41, 5.74) is 7.44. The lowest BCUT2D eigenvalue weighted by atomic mass is 10.1. The predicted molar refractivity (Wildman–Crippen MR) is 57.7 cm³/mol. The van der Waals surface area contributed by atoms with Crippen LogP contribution in [0.1, 0.15) is 13.0 Å². The van der Waals surface area contributed by atoms with Gasteiger partial charge < -0.3 is 10.7 Å². The van der Waals surface area contributed by atoms with Crippen LogP contribution < -0.4 is 5.73 Å². The number of hydrogen-bond acceptors (Lipinski definition) is 1. The van der Waals surface area contributed by atoms with Crippen molar-refractivity contribution in [3.8, 4) is 0 Å². The molecule has 0 bridgehead atoms. The van der Waals surface area contributed by atoms with E-state index in [9.17, 15) is 4.39 Å². The second kappa shape index (κ2) is 4.24. The number of aromatic nitrogens is 1. The van der Waals surface area contributed by atoms with Crippen LogP contribution in [0.4, 0.5) is 4.39 Å². The van der Waals surface area contributed by atoms with Crippen molar-refractivity contribution in [3.05, 3.63) is 35.8 Å². The van der Waals surface area contributed by atoms with Crippen LogP contribution in [-0.2, 0) is 6.42 Å². The number of halogens is 1. The topological polar surface area (TPSA) is 41.8 Å². The molecule has 0 unspecified atom stereocenters. The third-order valence-corrected chi connectivity index (χ3v) is 2.14. The minimum atomic E-state index is -0.214. The molecule has 0 aliphatic carbocycles. The van der Waals surface area contributed by atoms with Gasteiger partial charge in [0.15, 0.2) is 0 Å². The van der Waals surface area contributed by atoms with Gasteiger partial charge in [0, 0.05) is 17.1 Å². The Bertz CT molecular complexity index is 420.